The smallest absolute Gasteiger partial charge is 0.251 e. The quantitative estimate of drug-likeness (QED) is 0.459. The molecule has 0 saturated carbocycles. The molecule has 0 fully saturated rings. The van der Waals surface area contributed by atoms with Gasteiger partial charge in [0, 0.05) is 54.4 Å². The summed E-state index contributed by atoms with van der Waals surface area (Å²) in [6.45, 7) is 0.949. The molecule has 8 nitrogen and oxygen atoms in total. The molecule has 0 unspecified atom stereocenters. The molecule has 0 radical (unpaired) electrons. The first kappa shape index (κ1) is 19.4. The average molecular weight is 400 g/mol. The number of aromatic nitrogens is 4. The van der Waals surface area contributed by atoms with Crippen molar-refractivity contribution in [1.29, 1.82) is 0 Å². The number of carbonyl (C=O) groups is 1. The monoisotopic (exact) mass is 400 g/mol. The number of ether oxygens (including phenoxy) is 1. The van der Waals surface area contributed by atoms with E-state index in [2.05, 4.69) is 30.6 Å². The van der Waals surface area contributed by atoms with E-state index in [1.165, 1.54) is 6.33 Å². The number of benzene rings is 2. The van der Waals surface area contributed by atoms with Crippen LogP contribution < -0.4 is 10.6 Å². The Labute approximate surface area is 173 Å². The molecule has 4 aromatic rings. The average Bonchev–Trinajstić information content (AvgIpc) is 2.80. The minimum Gasteiger partial charge on any atom is -0.383 e. The third-order valence-corrected chi connectivity index (χ3v) is 4.47. The van der Waals surface area contributed by atoms with Gasteiger partial charge in [0.1, 0.15) is 6.33 Å². The van der Waals surface area contributed by atoms with E-state index >= 15 is 0 Å². The van der Waals surface area contributed by atoms with Gasteiger partial charge in [0.2, 0.25) is 5.95 Å². The van der Waals surface area contributed by atoms with Crippen LogP contribution in [0.25, 0.3) is 22.0 Å². The summed E-state index contributed by atoms with van der Waals surface area (Å²) in [5.74, 6) is 0.343. The Balaban J connectivity index is 1.47. The van der Waals surface area contributed by atoms with Gasteiger partial charge >= 0.3 is 0 Å². The lowest BCUT2D eigenvalue weighted by Crippen LogP contribution is -2.26. The fourth-order valence-corrected chi connectivity index (χ4v) is 2.92. The largest absolute Gasteiger partial charge is 0.383 e. The first-order valence-corrected chi connectivity index (χ1v) is 9.39. The van der Waals surface area contributed by atoms with Crippen molar-refractivity contribution in [3.63, 3.8) is 0 Å². The number of methoxy groups -OCH3 is 1. The molecule has 0 saturated heterocycles. The van der Waals surface area contributed by atoms with Gasteiger partial charge < -0.3 is 15.4 Å². The molecule has 0 atom stereocenters. The lowest BCUT2D eigenvalue weighted by atomic mass is 10.1. The summed E-state index contributed by atoms with van der Waals surface area (Å²) in [5.41, 5.74) is 4.14. The van der Waals surface area contributed by atoms with Crippen LogP contribution in [0.15, 0.2) is 67.4 Å². The summed E-state index contributed by atoms with van der Waals surface area (Å²) in [6, 6.07) is 13.1. The maximum absolute atomic E-state index is 12.0. The highest BCUT2D eigenvalue weighted by Gasteiger charge is 2.07. The molecule has 2 heterocycles. The number of nitrogens with zero attached hydrogens (tertiary/aromatic N) is 4. The van der Waals surface area contributed by atoms with Crippen LogP contribution in [-0.2, 0) is 4.74 Å². The second-order valence-electron chi connectivity index (χ2n) is 6.55. The van der Waals surface area contributed by atoms with Gasteiger partial charge in [-0.1, -0.05) is 6.07 Å². The second-order valence-corrected chi connectivity index (χ2v) is 6.55. The van der Waals surface area contributed by atoms with Crippen LogP contribution in [0.4, 0.5) is 11.6 Å². The van der Waals surface area contributed by atoms with E-state index < -0.39 is 0 Å². The Hall–Kier alpha value is -3.91. The van der Waals surface area contributed by atoms with Crippen LogP contribution in [0.1, 0.15) is 10.4 Å². The summed E-state index contributed by atoms with van der Waals surface area (Å²) in [6.07, 6.45) is 6.82. The highest BCUT2D eigenvalue weighted by atomic mass is 16.5. The van der Waals surface area contributed by atoms with Crippen molar-refractivity contribution in [3.05, 3.63) is 72.9 Å². The van der Waals surface area contributed by atoms with Gasteiger partial charge in [-0.15, -0.1) is 0 Å². The van der Waals surface area contributed by atoms with E-state index in [1.54, 1.807) is 37.8 Å². The number of fused-ring (bicyclic) bond motifs is 1. The van der Waals surface area contributed by atoms with E-state index in [0.29, 0.717) is 24.7 Å². The number of rotatable bonds is 7. The van der Waals surface area contributed by atoms with E-state index in [9.17, 15) is 4.79 Å². The highest BCUT2D eigenvalue weighted by Crippen LogP contribution is 2.23. The molecule has 0 aliphatic carbocycles. The van der Waals surface area contributed by atoms with Gasteiger partial charge in [-0.25, -0.2) is 19.9 Å². The lowest BCUT2D eigenvalue weighted by Gasteiger charge is -2.08. The zero-order valence-corrected chi connectivity index (χ0v) is 16.4. The van der Waals surface area contributed by atoms with Gasteiger partial charge in [-0.2, -0.15) is 0 Å². The SMILES string of the molecule is COCCNC(=O)c1ccc(Nc2ncc3cc(-c4cncnc4)ccc3n2)cc1. The van der Waals surface area contributed by atoms with Gasteiger partial charge in [-0.3, -0.25) is 4.79 Å². The molecule has 0 bridgehead atoms. The second kappa shape index (κ2) is 9.06. The number of anilines is 2. The Morgan fingerprint density at radius 1 is 1.00 bits per heavy atom. The zero-order chi connectivity index (χ0) is 20.8. The van der Waals surface area contributed by atoms with Crippen LogP contribution >= 0.6 is 0 Å². The van der Waals surface area contributed by atoms with E-state index in [0.717, 1.165) is 27.7 Å². The van der Waals surface area contributed by atoms with Crippen LogP contribution in [0.3, 0.4) is 0 Å². The molecule has 4 rings (SSSR count). The number of carbonyl (C=O) groups excluding carboxylic acids is 1. The van der Waals surface area contributed by atoms with Gasteiger partial charge in [0.25, 0.3) is 5.91 Å². The van der Waals surface area contributed by atoms with Gasteiger partial charge in [0.05, 0.1) is 12.1 Å². The predicted octanol–water partition coefficient (Wildman–Crippen LogP) is 3.21. The molecule has 2 aromatic heterocycles. The molecule has 0 spiro atoms. The maximum Gasteiger partial charge on any atom is 0.251 e. The molecular formula is C22H20N6O2. The van der Waals surface area contributed by atoms with Gasteiger partial charge in [-0.05, 0) is 42.0 Å². The fraction of sp³-hybridized carbons (Fsp3) is 0.136. The third-order valence-electron chi connectivity index (χ3n) is 4.47. The van der Waals surface area contributed by atoms with Crippen molar-refractivity contribution in [2.75, 3.05) is 25.6 Å². The van der Waals surface area contributed by atoms with Crippen molar-refractivity contribution in [2.45, 2.75) is 0 Å². The van der Waals surface area contributed by atoms with Crippen molar-refractivity contribution < 1.29 is 9.53 Å². The number of amides is 1. The number of hydrogen-bond donors (Lipinski definition) is 2. The van der Waals surface area contributed by atoms with E-state index in [1.807, 2.05) is 30.3 Å². The molecular weight excluding hydrogens is 380 g/mol. The topological polar surface area (TPSA) is 102 Å². The summed E-state index contributed by atoms with van der Waals surface area (Å²) in [5, 5.41) is 6.88. The Kier molecular flexibility index (Phi) is 5.86. The minimum atomic E-state index is -0.139. The Bertz CT molecular complexity index is 1150. The van der Waals surface area contributed by atoms with Crippen LogP contribution in [0, 0.1) is 0 Å². The Morgan fingerprint density at radius 2 is 1.80 bits per heavy atom. The summed E-state index contributed by atoms with van der Waals surface area (Å²) < 4.78 is 4.93. The van der Waals surface area contributed by atoms with Crippen molar-refractivity contribution in [1.82, 2.24) is 25.3 Å². The molecule has 0 aliphatic heterocycles. The first-order valence-electron chi connectivity index (χ1n) is 9.39. The fourth-order valence-electron chi connectivity index (χ4n) is 2.92. The summed E-state index contributed by atoms with van der Waals surface area (Å²) >= 11 is 0. The summed E-state index contributed by atoms with van der Waals surface area (Å²) in [4.78, 5) is 29.1. The Morgan fingerprint density at radius 3 is 2.57 bits per heavy atom. The van der Waals surface area contributed by atoms with Gasteiger partial charge in [0.15, 0.2) is 0 Å². The minimum absolute atomic E-state index is 0.139. The van der Waals surface area contributed by atoms with Crippen molar-refractivity contribution >= 4 is 28.4 Å². The van der Waals surface area contributed by atoms with Crippen molar-refractivity contribution in [3.8, 4) is 11.1 Å². The van der Waals surface area contributed by atoms with E-state index in [-0.39, 0.29) is 5.91 Å². The number of hydrogen-bond acceptors (Lipinski definition) is 7. The normalized spacial score (nSPS) is 10.7. The zero-order valence-electron chi connectivity index (χ0n) is 16.4. The molecule has 0 aliphatic rings. The maximum atomic E-state index is 12.0. The van der Waals surface area contributed by atoms with Crippen LogP contribution in [0.5, 0.6) is 0 Å². The molecule has 1 amide bonds. The molecule has 150 valence electrons. The highest BCUT2D eigenvalue weighted by molar-refractivity contribution is 5.94. The lowest BCUT2D eigenvalue weighted by molar-refractivity contribution is 0.0937. The third kappa shape index (κ3) is 4.56. The van der Waals surface area contributed by atoms with Crippen LogP contribution in [-0.4, -0.2) is 46.1 Å². The predicted molar refractivity (Wildman–Crippen MR) is 114 cm³/mol. The molecule has 2 N–H and O–H groups in total. The molecule has 2 aromatic carbocycles. The van der Waals surface area contributed by atoms with E-state index in [4.69, 9.17) is 4.74 Å². The first-order chi connectivity index (χ1) is 14.7. The molecule has 30 heavy (non-hydrogen) atoms. The molecule has 8 heteroatoms. The number of nitrogens with one attached hydrogen (secondary N) is 2. The standard InChI is InChI=1S/C22H20N6O2/c1-30-9-8-25-21(29)15-2-5-19(6-3-15)27-22-26-13-17-10-16(4-7-20(17)28-22)18-11-23-14-24-12-18/h2-7,10-14H,8-9H2,1H3,(H,25,29)(H,26,27,28). The van der Waals surface area contributed by atoms with Crippen LogP contribution in [0.2, 0.25) is 0 Å². The van der Waals surface area contributed by atoms with Crippen molar-refractivity contribution in [2.24, 2.45) is 0 Å². The summed E-state index contributed by atoms with van der Waals surface area (Å²) in [7, 11) is 1.60.